The molecule has 1 aliphatic rings. The Labute approximate surface area is 108 Å². The monoisotopic (exact) mass is 265 g/mol. The van der Waals surface area contributed by atoms with Gasteiger partial charge in [-0.25, -0.2) is 9.97 Å². The average molecular weight is 266 g/mol. The van der Waals surface area contributed by atoms with Crippen molar-refractivity contribution >= 4 is 11.6 Å². The highest BCUT2D eigenvalue weighted by Gasteiger charge is 2.29. The van der Waals surface area contributed by atoms with Crippen molar-refractivity contribution in [1.82, 2.24) is 24.3 Å². The molecule has 2 heterocycles. The van der Waals surface area contributed by atoms with E-state index in [1.165, 1.54) is 12.4 Å². The van der Waals surface area contributed by atoms with Gasteiger partial charge in [0.1, 0.15) is 23.1 Å². The van der Waals surface area contributed by atoms with Gasteiger partial charge < -0.3 is 0 Å². The second-order valence-corrected chi connectivity index (χ2v) is 4.82. The van der Waals surface area contributed by atoms with Crippen molar-refractivity contribution in [1.29, 1.82) is 0 Å². The summed E-state index contributed by atoms with van der Waals surface area (Å²) >= 11 is 5.85. The van der Waals surface area contributed by atoms with Crippen LogP contribution in [0.15, 0.2) is 17.2 Å². The van der Waals surface area contributed by atoms with Crippen LogP contribution in [0.1, 0.15) is 30.4 Å². The van der Waals surface area contributed by atoms with Gasteiger partial charge in [-0.3, -0.25) is 14.0 Å². The first-order chi connectivity index (χ1) is 8.65. The number of rotatable bonds is 3. The third kappa shape index (κ3) is 2.03. The van der Waals surface area contributed by atoms with Gasteiger partial charge in [0, 0.05) is 19.0 Å². The van der Waals surface area contributed by atoms with Crippen molar-refractivity contribution in [3.8, 4) is 0 Å². The topological polar surface area (TPSA) is 65.6 Å². The van der Waals surface area contributed by atoms with Crippen LogP contribution in [0.5, 0.6) is 0 Å². The van der Waals surface area contributed by atoms with Gasteiger partial charge in [0.25, 0.3) is 5.56 Å². The summed E-state index contributed by atoms with van der Waals surface area (Å²) in [7, 11) is 1.80. The number of halogens is 1. The van der Waals surface area contributed by atoms with Crippen LogP contribution in [0.3, 0.4) is 0 Å². The molecule has 1 saturated carbocycles. The van der Waals surface area contributed by atoms with Gasteiger partial charge in [0.05, 0.1) is 6.54 Å². The highest BCUT2D eigenvalue weighted by molar-refractivity contribution is 6.29. The van der Waals surface area contributed by atoms with Crippen LogP contribution in [-0.4, -0.2) is 24.3 Å². The predicted octanol–water partition coefficient (Wildman–Crippen LogP) is 0.951. The number of aromatic nitrogens is 5. The minimum atomic E-state index is -0.139. The van der Waals surface area contributed by atoms with Crippen LogP contribution in [0.2, 0.25) is 5.15 Å². The number of hydrogen-bond donors (Lipinski definition) is 0. The maximum atomic E-state index is 12.0. The normalized spacial score (nSPS) is 15.0. The van der Waals surface area contributed by atoms with E-state index >= 15 is 0 Å². The molecule has 94 valence electrons. The van der Waals surface area contributed by atoms with E-state index < -0.39 is 0 Å². The van der Waals surface area contributed by atoms with Crippen molar-refractivity contribution in [2.24, 2.45) is 7.05 Å². The van der Waals surface area contributed by atoms with Crippen LogP contribution in [0.25, 0.3) is 0 Å². The molecule has 0 aliphatic heterocycles. The molecule has 6 nitrogen and oxygen atoms in total. The summed E-state index contributed by atoms with van der Waals surface area (Å²) in [4.78, 5) is 20.4. The first-order valence-electron chi connectivity index (χ1n) is 5.75. The third-order valence-electron chi connectivity index (χ3n) is 3.05. The third-order valence-corrected chi connectivity index (χ3v) is 3.25. The van der Waals surface area contributed by atoms with Gasteiger partial charge >= 0.3 is 0 Å². The summed E-state index contributed by atoms with van der Waals surface area (Å²) in [6.07, 6.45) is 3.59. The minimum absolute atomic E-state index is 0.139. The van der Waals surface area contributed by atoms with E-state index in [0.29, 0.717) is 12.5 Å². The molecule has 1 fully saturated rings. The van der Waals surface area contributed by atoms with Gasteiger partial charge in [0.15, 0.2) is 0 Å². The van der Waals surface area contributed by atoms with E-state index in [4.69, 9.17) is 11.6 Å². The summed E-state index contributed by atoms with van der Waals surface area (Å²) < 4.78 is 3.28. The molecule has 0 N–H and O–H groups in total. The highest BCUT2D eigenvalue weighted by atomic mass is 35.5. The molecule has 1 aliphatic carbocycles. The van der Waals surface area contributed by atoms with Gasteiger partial charge in [-0.05, 0) is 12.8 Å². The zero-order valence-electron chi connectivity index (χ0n) is 9.88. The molecule has 2 aromatic heterocycles. The SMILES string of the molecule is Cn1ncnc1Cn1c(C2CC2)nc(Cl)cc1=O. The summed E-state index contributed by atoms with van der Waals surface area (Å²) in [5.41, 5.74) is -0.139. The molecule has 7 heteroatoms. The average Bonchev–Trinajstić information content (AvgIpc) is 3.07. The second kappa shape index (κ2) is 4.20. The maximum absolute atomic E-state index is 12.0. The van der Waals surface area contributed by atoms with Crippen LogP contribution in [0.4, 0.5) is 0 Å². The lowest BCUT2D eigenvalue weighted by Crippen LogP contribution is -2.26. The predicted molar refractivity (Wildman–Crippen MR) is 65.6 cm³/mol. The van der Waals surface area contributed by atoms with Crippen molar-refractivity contribution in [2.75, 3.05) is 0 Å². The quantitative estimate of drug-likeness (QED) is 0.775. The van der Waals surface area contributed by atoms with Crippen molar-refractivity contribution in [2.45, 2.75) is 25.3 Å². The highest BCUT2D eigenvalue weighted by Crippen LogP contribution is 2.38. The molecule has 18 heavy (non-hydrogen) atoms. The van der Waals surface area contributed by atoms with Gasteiger partial charge in [0.2, 0.25) is 0 Å². The molecule has 0 amide bonds. The molecule has 0 spiro atoms. The molecule has 0 aromatic carbocycles. The molecule has 0 unspecified atom stereocenters. The summed E-state index contributed by atoms with van der Waals surface area (Å²) in [5.74, 6) is 1.84. The summed E-state index contributed by atoms with van der Waals surface area (Å²) in [6.45, 7) is 0.380. The molecule has 2 aromatic rings. The summed E-state index contributed by atoms with van der Waals surface area (Å²) in [5, 5.41) is 4.25. The Balaban J connectivity index is 2.05. The fourth-order valence-corrected chi connectivity index (χ4v) is 2.09. The van der Waals surface area contributed by atoms with Crippen LogP contribution in [0, 0.1) is 0 Å². The lowest BCUT2D eigenvalue weighted by molar-refractivity contribution is 0.604. The molecule has 0 saturated heterocycles. The zero-order chi connectivity index (χ0) is 12.7. The Morgan fingerprint density at radius 2 is 2.28 bits per heavy atom. The summed E-state index contributed by atoms with van der Waals surface area (Å²) in [6, 6.07) is 1.34. The number of aryl methyl sites for hydroxylation is 1. The van der Waals surface area contributed by atoms with Crippen LogP contribution >= 0.6 is 11.6 Å². The Kier molecular flexibility index (Phi) is 2.66. The second-order valence-electron chi connectivity index (χ2n) is 4.44. The molecule has 0 radical (unpaired) electrons. The van der Waals surface area contributed by atoms with Crippen LogP contribution < -0.4 is 5.56 Å². The van der Waals surface area contributed by atoms with Crippen LogP contribution in [-0.2, 0) is 13.6 Å². The Hall–Kier alpha value is -1.69. The lowest BCUT2D eigenvalue weighted by atomic mass is 10.3. The fourth-order valence-electron chi connectivity index (χ4n) is 1.91. The van der Waals surface area contributed by atoms with Crippen molar-refractivity contribution in [3.63, 3.8) is 0 Å². The first kappa shape index (κ1) is 11.4. The maximum Gasteiger partial charge on any atom is 0.255 e. The van der Waals surface area contributed by atoms with E-state index in [-0.39, 0.29) is 10.7 Å². The van der Waals surface area contributed by atoms with Crippen molar-refractivity contribution in [3.05, 3.63) is 39.5 Å². The van der Waals surface area contributed by atoms with E-state index in [9.17, 15) is 4.79 Å². The van der Waals surface area contributed by atoms with Gasteiger partial charge in [-0.2, -0.15) is 5.10 Å². The molecular weight excluding hydrogens is 254 g/mol. The zero-order valence-corrected chi connectivity index (χ0v) is 10.6. The first-order valence-corrected chi connectivity index (χ1v) is 6.13. The number of nitrogens with zero attached hydrogens (tertiary/aromatic N) is 5. The lowest BCUT2D eigenvalue weighted by Gasteiger charge is -2.10. The van der Waals surface area contributed by atoms with E-state index in [2.05, 4.69) is 15.1 Å². The molecular formula is C11H12ClN5O. The Bertz CT molecular complexity index is 643. The van der Waals surface area contributed by atoms with Crippen molar-refractivity contribution < 1.29 is 0 Å². The molecule has 0 atom stereocenters. The van der Waals surface area contributed by atoms with E-state index in [1.54, 1.807) is 16.3 Å². The standard InChI is InChI=1S/C11H12ClN5O/c1-16-9(13-6-14-16)5-17-10(18)4-8(12)15-11(17)7-2-3-7/h4,6-7H,2-3,5H2,1H3. The molecule has 3 rings (SSSR count). The fraction of sp³-hybridized carbons (Fsp3) is 0.455. The largest absolute Gasteiger partial charge is 0.289 e. The molecule has 0 bridgehead atoms. The Morgan fingerprint density at radius 1 is 1.50 bits per heavy atom. The minimum Gasteiger partial charge on any atom is -0.289 e. The van der Waals surface area contributed by atoms with E-state index in [1.807, 2.05) is 0 Å². The van der Waals surface area contributed by atoms with Gasteiger partial charge in [-0.1, -0.05) is 11.6 Å². The Morgan fingerprint density at radius 3 is 2.89 bits per heavy atom. The van der Waals surface area contributed by atoms with Gasteiger partial charge in [-0.15, -0.1) is 0 Å². The number of hydrogen-bond acceptors (Lipinski definition) is 4. The van der Waals surface area contributed by atoms with E-state index in [0.717, 1.165) is 24.5 Å². The smallest absolute Gasteiger partial charge is 0.255 e.